The highest BCUT2D eigenvalue weighted by Crippen LogP contribution is 2.29. The van der Waals surface area contributed by atoms with Gasteiger partial charge in [-0.1, -0.05) is 22.9 Å². The number of hydrogen-bond donors (Lipinski definition) is 3. The van der Waals surface area contributed by atoms with Crippen LogP contribution in [0.15, 0.2) is 30.5 Å². The topological polar surface area (TPSA) is 110 Å². The standard InChI is InChI=1S/C17H23N3O5/c1-10-3-5-13(6-4-10)24-9-12-7-20(19-18-12)15-11(2)25-14(8-21)16(22)17(15)23/h3-7,11,14-17,21-23H,8-9H2,1-2H3/t11-,14+,15-,16-,17+/m0/s1. The van der Waals surface area contributed by atoms with Gasteiger partial charge in [0.25, 0.3) is 0 Å². The fourth-order valence-electron chi connectivity index (χ4n) is 2.98. The third-order valence-corrected chi connectivity index (χ3v) is 4.40. The zero-order valence-electron chi connectivity index (χ0n) is 14.2. The second kappa shape index (κ2) is 7.49. The Morgan fingerprint density at radius 1 is 1.20 bits per heavy atom. The Morgan fingerprint density at radius 2 is 1.92 bits per heavy atom. The molecule has 2 aromatic rings. The van der Waals surface area contributed by atoms with E-state index in [0.717, 1.165) is 11.3 Å². The van der Waals surface area contributed by atoms with Crippen molar-refractivity contribution in [2.24, 2.45) is 0 Å². The molecule has 0 bridgehead atoms. The Bertz CT molecular complexity index is 690. The van der Waals surface area contributed by atoms with Gasteiger partial charge in [-0.3, -0.25) is 0 Å². The fourth-order valence-corrected chi connectivity index (χ4v) is 2.98. The van der Waals surface area contributed by atoms with Gasteiger partial charge in [-0.15, -0.1) is 5.10 Å². The first-order chi connectivity index (χ1) is 12.0. The summed E-state index contributed by atoms with van der Waals surface area (Å²) in [5.74, 6) is 0.732. The van der Waals surface area contributed by atoms with Gasteiger partial charge in [-0.05, 0) is 26.0 Å². The lowest BCUT2D eigenvalue weighted by Crippen LogP contribution is -2.55. The van der Waals surface area contributed by atoms with Crippen LogP contribution in [0.2, 0.25) is 0 Å². The molecule has 0 radical (unpaired) electrons. The normalized spacial score (nSPS) is 29.6. The van der Waals surface area contributed by atoms with E-state index >= 15 is 0 Å². The van der Waals surface area contributed by atoms with Crippen LogP contribution in [0.1, 0.15) is 24.2 Å². The zero-order chi connectivity index (χ0) is 18.0. The first-order valence-corrected chi connectivity index (χ1v) is 8.22. The van der Waals surface area contributed by atoms with E-state index in [9.17, 15) is 15.3 Å². The molecule has 3 N–H and O–H groups in total. The summed E-state index contributed by atoms with van der Waals surface area (Å²) in [4.78, 5) is 0. The molecule has 1 aromatic carbocycles. The van der Waals surface area contributed by atoms with Gasteiger partial charge in [0.05, 0.1) is 18.9 Å². The van der Waals surface area contributed by atoms with Crippen molar-refractivity contribution in [3.05, 3.63) is 41.7 Å². The summed E-state index contributed by atoms with van der Waals surface area (Å²) in [5.41, 5.74) is 1.75. The second-order valence-electron chi connectivity index (χ2n) is 6.33. The summed E-state index contributed by atoms with van der Waals surface area (Å²) in [6.07, 6.45) is -1.90. The Labute approximate surface area is 145 Å². The largest absolute Gasteiger partial charge is 0.487 e. The zero-order valence-corrected chi connectivity index (χ0v) is 14.2. The van der Waals surface area contributed by atoms with E-state index in [1.165, 1.54) is 4.68 Å². The van der Waals surface area contributed by atoms with Crippen molar-refractivity contribution < 1.29 is 24.8 Å². The van der Waals surface area contributed by atoms with Crippen LogP contribution in [0.5, 0.6) is 5.75 Å². The number of hydrogen-bond acceptors (Lipinski definition) is 7. The minimum atomic E-state index is -1.19. The Morgan fingerprint density at radius 3 is 2.60 bits per heavy atom. The van der Waals surface area contributed by atoms with Crippen LogP contribution in [0.3, 0.4) is 0 Å². The smallest absolute Gasteiger partial charge is 0.134 e. The van der Waals surface area contributed by atoms with Gasteiger partial charge in [-0.25, -0.2) is 4.68 Å². The van der Waals surface area contributed by atoms with Gasteiger partial charge in [-0.2, -0.15) is 0 Å². The third kappa shape index (κ3) is 3.82. The summed E-state index contributed by atoms with van der Waals surface area (Å²) in [7, 11) is 0. The number of aliphatic hydroxyl groups is 3. The number of ether oxygens (including phenoxy) is 2. The molecule has 136 valence electrons. The average molecular weight is 349 g/mol. The van der Waals surface area contributed by atoms with Gasteiger partial charge < -0.3 is 24.8 Å². The highest BCUT2D eigenvalue weighted by Gasteiger charge is 2.43. The van der Waals surface area contributed by atoms with Crippen molar-refractivity contribution in [1.82, 2.24) is 15.0 Å². The van der Waals surface area contributed by atoms with Crippen LogP contribution < -0.4 is 4.74 Å². The van der Waals surface area contributed by atoms with E-state index in [0.29, 0.717) is 5.69 Å². The number of benzene rings is 1. The molecule has 8 heteroatoms. The Kier molecular flexibility index (Phi) is 5.33. The van der Waals surface area contributed by atoms with Crippen molar-refractivity contribution in [3.8, 4) is 5.75 Å². The Hall–Kier alpha value is -2.00. The van der Waals surface area contributed by atoms with Crippen LogP contribution in [-0.4, -0.2) is 61.3 Å². The summed E-state index contributed by atoms with van der Waals surface area (Å²) in [6.45, 7) is 3.64. The molecule has 0 spiro atoms. The average Bonchev–Trinajstić information content (AvgIpc) is 3.06. The van der Waals surface area contributed by atoms with Gasteiger partial charge in [0, 0.05) is 0 Å². The van der Waals surface area contributed by atoms with Crippen LogP contribution in [0, 0.1) is 6.92 Å². The van der Waals surface area contributed by atoms with Gasteiger partial charge in [0.1, 0.15) is 42.4 Å². The van der Waals surface area contributed by atoms with E-state index < -0.39 is 30.5 Å². The molecule has 1 aromatic heterocycles. The molecule has 0 aliphatic carbocycles. The molecular weight excluding hydrogens is 326 g/mol. The van der Waals surface area contributed by atoms with E-state index in [1.54, 1.807) is 13.1 Å². The van der Waals surface area contributed by atoms with Crippen LogP contribution in [0.25, 0.3) is 0 Å². The lowest BCUT2D eigenvalue weighted by molar-refractivity contribution is -0.200. The second-order valence-corrected chi connectivity index (χ2v) is 6.33. The first kappa shape index (κ1) is 17.8. The molecular formula is C17H23N3O5. The van der Waals surface area contributed by atoms with Crippen molar-refractivity contribution in [2.75, 3.05) is 6.61 Å². The fraction of sp³-hybridized carbons (Fsp3) is 0.529. The maximum atomic E-state index is 10.3. The maximum Gasteiger partial charge on any atom is 0.134 e. The summed E-state index contributed by atoms with van der Waals surface area (Å²) in [5, 5.41) is 37.7. The molecule has 25 heavy (non-hydrogen) atoms. The molecule has 2 heterocycles. The minimum absolute atomic E-state index is 0.239. The molecule has 0 unspecified atom stereocenters. The predicted molar refractivity (Wildman–Crippen MR) is 88.0 cm³/mol. The number of nitrogens with zero attached hydrogens (tertiary/aromatic N) is 3. The van der Waals surface area contributed by atoms with E-state index in [-0.39, 0.29) is 13.2 Å². The monoisotopic (exact) mass is 349 g/mol. The lowest BCUT2D eigenvalue weighted by atomic mass is 9.94. The number of rotatable bonds is 5. The third-order valence-electron chi connectivity index (χ3n) is 4.40. The minimum Gasteiger partial charge on any atom is -0.487 e. The van der Waals surface area contributed by atoms with E-state index in [1.807, 2.05) is 31.2 Å². The van der Waals surface area contributed by atoms with Gasteiger partial charge in [0.15, 0.2) is 0 Å². The van der Waals surface area contributed by atoms with Gasteiger partial charge in [0.2, 0.25) is 0 Å². The van der Waals surface area contributed by atoms with Crippen LogP contribution in [0.4, 0.5) is 0 Å². The molecule has 8 nitrogen and oxygen atoms in total. The molecule has 1 aliphatic heterocycles. The summed E-state index contributed by atoms with van der Waals surface area (Å²) < 4.78 is 12.7. The quantitative estimate of drug-likeness (QED) is 0.708. The maximum absolute atomic E-state index is 10.3. The molecule has 1 aliphatic rings. The molecule has 1 fully saturated rings. The molecule has 0 saturated carbocycles. The predicted octanol–water partition coefficient (Wildman–Crippen LogP) is 0.208. The summed E-state index contributed by atoms with van der Waals surface area (Å²) >= 11 is 0. The first-order valence-electron chi connectivity index (χ1n) is 8.22. The molecule has 0 amide bonds. The van der Waals surface area contributed by atoms with Crippen molar-refractivity contribution in [3.63, 3.8) is 0 Å². The highest BCUT2D eigenvalue weighted by atomic mass is 16.5. The van der Waals surface area contributed by atoms with Crippen LogP contribution >= 0.6 is 0 Å². The molecule has 1 saturated heterocycles. The molecule has 3 rings (SSSR count). The number of aryl methyl sites for hydroxylation is 1. The number of aromatic nitrogens is 3. The Balaban J connectivity index is 1.67. The van der Waals surface area contributed by atoms with Crippen molar-refractivity contribution >= 4 is 0 Å². The van der Waals surface area contributed by atoms with Gasteiger partial charge >= 0.3 is 0 Å². The van der Waals surface area contributed by atoms with E-state index in [2.05, 4.69) is 10.3 Å². The lowest BCUT2D eigenvalue weighted by Gasteiger charge is -2.40. The SMILES string of the molecule is Cc1ccc(OCc2cn([C@@H]3[C@@H](O)[C@@H](O)[C@@H](CO)O[C@H]3C)nn2)cc1. The van der Waals surface area contributed by atoms with E-state index in [4.69, 9.17) is 9.47 Å². The van der Waals surface area contributed by atoms with Crippen LogP contribution in [-0.2, 0) is 11.3 Å². The molecule has 5 atom stereocenters. The van der Waals surface area contributed by atoms with Crippen molar-refractivity contribution in [1.29, 1.82) is 0 Å². The number of aliphatic hydroxyl groups excluding tert-OH is 3. The summed E-state index contributed by atoms with van der Waals surface area (Å²) in [6, 6.07) is 7.08. The highest BCUT2D eigenvalue weighted by molar-refractivity contribution is 5.26. The van der Waals surface area contributed by atoms with Crippen molar-refractivity contribution in [2.45, 2.75) is 50.9 Å².